The van der Waals surface area contributed by atoms with Gasteiger partial charge in [-0.3, -0.25) is 0 Å². The van der Waals surface area contributed by atoms with Gasteiger partial charge in [0.05, 0.1) is 7.05 Å². The smallest absolute Gasteiger partial charge is 0.380 e. The number of ether oxygens (including phenoxy) is 3. The molecule has 1 aliphatic rings. The van der Waals surface area contributed by atoms with Gasteiger partial charge in [-0.05, 0) is 41.5 Å². The van der Waals surface area contributed by atoms with Crippen LogP contribution in [-0.4, -0.2) is 45.4 Å². The molecular formula is C20H27N2O7+. The van der Waals surface area contributed by atoms with Gasteiger partial charge in [-0.2, -0.15) is 4.57 Å². The Labute approximate surface area is 169 Å². The highest BCUT2D eigenvalue weighted by Crippen LogP contribution is 2.30. The molecule has 9 heteroatoms. The molecule has 0 saturated heterocycles. The van der Waals surface area contributed by atoms with Crippen molar-refractivity contribution >= 4 is 23.6 Å². The second-order valence-corrected chi connectivity index (χ2v) is 8.61. The number of cyclic esters (lactones) is 1. The average Bonchev–Trinajstić information content (AvgIpc) is 3.07. The lowest BCUT2D eigenvalue weighted by Gasteiger charge is -2.23. The van der Waals surface area contributed by atoms with Crippen molar-refractivity contribution in [2.75, 3.05) is 6.61 Å². The van der Waals surface area contributed by atoms with Crippen molar-refractivity contribution in [2.24, 2.45) is 7.05 Å². The van der Waals surface area contributed by atoms with Gasteiger partial charge in [0.15, 0.2) is 0 Å². The first-order chi connectivity index (χ1) is 13.2. The van der Waals surface area contributed by atoms with Gasteiger partial charge in [0, 0.05) is 0 Å². The van der Waals surface area contributed by atoms with Crippen molar-refractivity contribution < 1.29 is 38.3 Å². The van der Waals surface area contributed by atoms with Crippen LogP contribution in [-0.2, 0) is 35.6 Å². The van der Waals surface area contributed by atoms with Crippen LogP contribution in [0.2, 0.25) is 0 Å². The number of aryl methyl sites for hydroxylation is 1. The minimum absolute atomic E-state index is 0.268. The molecule has 1 aliphatic heterocycles. The van der Waals surface area contributed by atoms with Gasteiger partial charge in [0.1, 0.15) is 47.1 Å². The van der Waals surface area contributed by atoms with Gasteiger partial charge in [0.2, 0.25) is 12.0 Å². The van der Waals surface area contributed by atoms with E-state index in [1.165, 1.54) is 17.1 Å². The van der Waals surface area contributed by atoms with E-state index in [2.05, 4.69) is 0 Å². The highest BCUT2D eigenvalue weighted by Gasteiger charge is 2.41. The quantitative estimate of drug-likeness (QED) is 0.349. The summed E-state index contributed by atoms with van der Waals surface area (Å²) < 4.78 is 18.7. The van der Waals surface area contributed by atoms with Crippen LogP contribution in [0.4, 0.5) is 0 Å². The Morgan fingerprint density at radius 3 is 2.07 bits per heavy atom. The van der Waals surface area contributed by atoms with Crippen LogP contribution in [0.5, 0.6) is 0 Å². The molecule has 2 heterocycles. The van der Waals surface area contributed by atoms with Crippen LogP contribution >= 0.6 is 0 Å². The molecule has 9 nitrogen and oxygen atoms in total. The predicted molar refractivity (Wildman–Crippen MR) is 101 cm³/mol. The third kappa shape index (κ3) is 5.46. The summed E-state index contributed by atoms with van der Waals surface area (Å²) in [7, 11) is 1.72. The molecule has 0 aliphatic carbocycles. The zero-order valence-corrected chi connectivity index (χ0v) is 17.7. The number of carbonyl (C=O) groups excluding carboxylic acids is 3. The lowest BCUT2D eigenvalue weighted by molar-refractivity contribution is -0.670. The number of carbonyl (C=O) groups is 3. The van der Waals surface area contributed by atoms with E-state index in [0.29, 0.717) is 0 Å². The van der Waals surface area contributed by atoms with Crippen LogP contribution in [0.15, 0.2) is 35.6 Å². The van der Waals surface area contributed by atoms with Gasteiger partial charge < -0.3 is 19.3 Å². The van der Waals surface area contributed by atoms with Gasteiger partial charge in [-0.15, -0.1) is 0 Å². The van der Waals surface area contributed by atoms with Crippen molar-refractivity contribution in [3.63, 3.8) is 0 Å². The highest BCUT2D eigenvalue weighted by molar-refractivity contribution is 6.23. The maximum atomic E-state index is 13.1. The summed E-state index contributed by atoms with van der Waals surface area (Å²) in [5, 5.41) is 10.2. The normalized spacial score (nSPS) is 15.8. The molecule has 0 fully saturated rings. The molecule has 0 bridgehead atoms. The van der Waals surface area contributed by atoms with E-state index in [9.17, 15) is 19.5 Å². The fourth-order valence-corrected chi connectivity index (χ4v) is 2.53. The summed E-state index contributed by atoms with van der Waals surface area (Å²) in [4.78, 5) is 38.4. The number of hydrogen-bond donors (Lipinski definition) is 1. The van der Waals surface area contributed by atoms with Crippen LogP contribution in [0.25, 0.3) is 5.70 Å². The van der Waals surface area contributed by atoms with E-state index in [4.69, 9.17) is 14.2 Å². The Hall–Kier alpha value is -3.10. The number of imidazole rings is 1. The lowest BCUT2D eigenvalue weighted by Crippen LogP contribution is -2.32. The maximum Gasteiger partial charge on any atom is 0.380 e. The van der Waals surface area contributed by atoms with E-state index in [1.807, 2.05) is 0 Å². The monoisotopic (exact) mass is 407 g/mol. The molecule has 0 radical (unpaired) electrons. The predicted octanol–water partition coefficient (Wildman–Crippen LogP) is 1.58. The molecule has 0 amide bonds. The van der Waals surface area contributed by atoms with Crippen molar-refractivity contribution in [2.45, 2.75) is 52.7 Å². The molecule has 158 valence electrons. The summed E-state index contributed by atoms with van der Waals surface area (Å²) in [6.07, 6.45) is 4.67. The fraction of sp³-hybridized carbons (Fsp3) is 0.500. The van der Waals surface area contributed by atoms with Gasteiger partial charge in [-0.1, -0.05) is 0 Å². The van der Waals surface area contributed by atoms with Crippen LogP contribution < -0.4 is 4.57 Å². The van der Waals surface area contributed by atoms with Crippen molar-refractivity contribution in [3.05, 3.63) is 35.6 Å². The molecule has 0 saturated carbocycles. The molecular weight excluding hydrogens is 380 g/mol. The topological polar surface area (TPSA) is 108 Å². The van der Waals surface area contributed by atoms with Crippen LogP contribution in [0, 0.1) is 0 Å². The Balaban J connectivity index is 2.81. The minimum Gasteiger partial charge on any atom is -0.508 e. The average molecular weight is 407 g/mol. The van der Waals surface area contributed by atoms with Crippen molar-refractivity contribution in [3.8, 4) is 0 Å². The first-order valence-corrected chi connectivity index (χ1v) is 9.04. The van der Waals surface area contributed by atoms with Crippen LogP contribution in [0.3, 0.4) is 0 Å². The third-order valence-electron chi connectivity index (χ3n) is 3.54. The first kappa shape index (κ1) is 22.2. The molecule has 1 aromatic heterocycles. The van der Waals surface area contributed by atoms with Crippen molar-refractivity contribution in [1.29, 1.82) is 0 Å². The van der Waals surface area contributed by atoms with E-state index >= 15 is 0 Å². The summed E-state index contributed by atoms with van der Waals surface area (Å²) in [5.41, 5.74) is -2.90. The van der Waals surface area contributed by atoms with E-state index in [1.54, 1.807) is 59.4 Å². The highest BCUT2D eigenvalue weighted by atomic mass is 16.6. The molecule has 1 aromatic rings. The Bertz CT molecular complexity index is 908. The number of hydrogen-bond acceptors (Lipinski definition) is 7. The Morgan fingerprint density at radius 1 is 1.10 bits per heavy atom. The SMILES string of the molecule is C[n+]1ccn(/C(C(=O)OC(C)(C)C)=C(/C(=O)OC(C)(C)C)C2=C(O)COC2=O)c1. The zero-order chi connectivity index (χ0) is 22.1. The molecule has 0 atom stereocenters. The van der Waals surface area contributed by atoms with Gasteiger partial charge >= 0.3 is 17.9 Å². The third-order valence-corrected chi connectivity index (χ3v) is 3.54. The van der Waals surface area contributed by atoms with E-state index in [-0.39, 0.29) is 5.70 Å². The summed E-state index contributed by atoms with van der Waals surface area (Å²) in [6.45, 7) is 9.55. The molecule has 0 aromatic carbocycles. The second-order valence-electron chi connectivity index (χ2n) is 8.61. The minimum atomic E-state index is -0.963. The summed E-state index contributed by atoms with van der Waals surface area (Å²) >= 11 is 0. The number of nitrogens with zero attached hydrogens (tertiary/aromatic N) is 2. The van der Waals surface area contributed by atoms with Gasteiger partial charge in [0.25, 0.3) is 0 Å². The number of esters is 3. The fourth-order valence-electron chi connectivity index (χ4n) is 2.53. The second kappa shape index (κ2) is 7.73. The van der Waals surface area contributed by atoms with E-state index < -0.39 is 52.6 Å². The number of rotatable bonds is 4. The maximum absolute atomic E-state index is 13.1. The van der Waals surface area contributed by atoms with E-state index in [0.717, 1.165) is 0 Å². The summed E-state index contributed by atoms with van der Waals surface area (Å²) in [6, 6.07) is 0. The molecule has 0 unspecified atom stereocenters. The molecule has 0 spiro atoms. The Kier molecular flexibility index (Phi) is 5.91. The largest absolute Gasteiger partial charge is 0.508 e. The lowest BCUT2D eigenvalue weighted by atomic mass is 10.0. The Morgan fingerprint density at radius 2 is 1.66 bits per heavy atom. The number of aliphatic hydroxyl groups excluding tert-OH is 1. The standard InChI is InChI=1S/C20H26N2O7/c1-19(2,3)28-17(25)14(13-12(23)10-27-16(13)24)15(18(26)29-20(4,5)6)22-9-8-21(7)11-22/h8-9,11H,10H2,1-7H3/p+1. The van der Waals surface area contributed by atoms with Crippen LogP contribution in [0.1, 0.15) is 41.5 Å². The number of aliphatic hydroxyl groups is 1. The summed E-state index contributed by atoms with van der Waals surface area (Å²) in [5.74, 6) is -3.22. The van der Waals surface area contributed by atoms with Crippen molar-refractivity contribution in [1.82, 2.24) is 4.57 Å². The van der Waals surface area contributed by atoms with Gasteiger partial charge in [-0.25, -0.2) is 19.0 Å². The molecule has 2 rings (SSSR count). The molecule has 29 heavy (non-hydrogen) atoms. The molecule has 1 N–H and O–H groups in total. The first-order valence-electron chi connectivity index (χ1n) is 9.04. The zero-order valence-electron chi connectivity index (χ0n) is 17.7. The number of aromatic nitrogens is 2.